The van der Waals surface area contributed by atoms with Crippen LogP contribution < -0.4 is 0 Å². The van der Waals surface area contributed by atoms with Crippen molar-refractivity contribution in [1.29, 1.82) is 0 Å². The Bertz CT molecular complexity index is 373. The van der Waals surface area contributed by atoms with Crippen LogP contribution in [0.1, 0.15) is 59.8 Å². The van der Waals surface area contributed by atoms with E-state index in [0.29, 0.717) is 18.1 Å². The second-order valence-electron chi connectivity index (χ2n) is 6.61. The van der Waals surface area contributed by atoms with E-state index in [4.69, 9.17) is 0 Å². The summed E-state index contributed by atoms with van der Waals surface area (Å²) in [6.07, 6.45) is 4.40. The minimum atomic E-state index is -0.630. The monoisotopic (exact) mass is 236 g/mol. The van der Waals surface area contributed by atoms with E-state index in [2.05, 4.69) is 13.8 Å². The lowest BCUT2D eigenvalue weighted by atomic mass is 9.59. The molecule has 2 rings (SSSR count). The maximum Gasteiger partial charge on any atom is 0.143 e. The maximum atomic E-state index is 12.2. The fourth-order valence-electron chi connectivity index (χ4n) is 3.47. The number of carbonyl (C=O) groups excluding carboxylic acids is 1. The van der Waals surface area contributed by atoms with Gasteiger partial charge in [-0.25, -0.2) is 0 Å². The van der Waals surface area contributed by atoms with Crippen molar-refractivity contribution in [2.45, 2.75) is 65.4 Å². The lowest BCUT2D eigenvalue weighted by Gasteiger charge is -2.45. The van der Waals surface area contributed by atoms with Crippen LogP contribution >= 0.6 is 0 Å². The Morgan fingerprint density at radius 3 is 2.59 bits per heavy atom. The Balaban J connectivity index is 2.33. The zero-order valence-electron chi connectivity index (χ0n) is 11.5. The second-order valence-corrected chi connectivity index (χ2v) is 6.61. The smallest absolute Gasteiger partial charge is 0.143 e. The molecular formula is C15H24O2. The highest BCUT2D eigenvalue weighted by molar-refractivity contribution is 5.89. The molecule has 0 spiro atoms. The van der Waals surface area contributed by atoms with Gasteiger partial charge in [0.05, 0.1) is 5.60 Å². The molecule has 2 atom stereocenters. The van der Waals surface area contributed by atoms with Gasteiger partial charge in [-0.15, -0.1) is 0 Å². The van der Waals surface area contributed by atoms with Crippen LogP contribution in [-0.2, 0) is 4.79 Å². The molecule has 96 valence electrons. The summed E-state index contributed by atoms with van der Waals surface area (Å²) < 4.78 is 0. The molecule has 2 aliphatic rings. The molecule has 0 aromatic heterocycles. The summed E-state index contributed by atoms with van der Waals surface area (Å²) in [7, 11) is 0. The molecule has 1 N–H and O–H groups in total. The Labute approximate surface area is 104 Å². The molecule has 2 heteroatoms. The molecule has 0 aliphatic heterocycles. The van der Waals surface area contributed by atoms with Crippen molar-refractivity contribution in [2.75, 3.05) is 0 Å². The largest absolute Gasteiger partial charge is 0.390 e. The van der Waals surface area contributed by atoms with Crippen LogP contribution in [0, 0.1) is 11.3 Å². The Morgan fingerprint density at radius 1 is 1.35 bits per heavy atom. The summed E-state index contributed by atoms with van der Waals surface area (Å²) in [6.45, 7) is 8.04. The number of ketones is 1. The molecule has 0 radical (unpaired) electrons. The van der Waals surface area contributed by atoms with Crippen LogP contribution in [0.25, 0.3) is 0 Å². The lowest BCUT2D eigenvalue weighted by molar-refractivity contribution is -0.129. The normalized spacial score (nSPS) is 34.9. The zero-order valence-corrected chi connectivity index (χ0v) is 11.5. The third kappa shape index (κ3) is 2.08. The van der Waals surface area contributed by atoms with Gasteiger partial charge in [-0.3, -0.25) is 4.79 Å². The van der Waals surface area contributed by atoms with Gasteiger partial charge in [-0.2, -0.15) is 0 Å². The predicted molar refractivity (Wildman–Crippen MR) is 68.7 cm³/mol. The van der Waals surface area contributed by atoms with Crippen molar-refractivity contribution in [1.82, 2.24) is 0 Å². The van der Waals surface area contributed by atoms with E-state index in [1.54, 1.807) is 0 Å². The molecule has 0 unspecified atom stereocenters. The summed E-state index contributed by atoms with van der Waals surface area (Å²) >= 11 is 0. The van der Waals surface area contributed by atoms with Crippen LogP contribution in [0.15, 0.2) is 11.1 Å². The first kappa shape index (κ1) is 12.8. The van der Waals surface area contributed by atoms with Crippen molar-refractivity contribution >= 4 is 5.78 Å². The molecule has 2 aliphatic carbocycles. The highest BCUT2D eigenvalue weighted by Crippen LogP contribution is 2.51. The zero-order chi connectivity index (χ0) is 12.8. The Morgan fingerprint density at radius 2 is 2.00 bits per heavy atom. The fraction of sp³-hybridized carbons (Fsp3) is 0.800. The molecule has 0 bridgehead atoms. The van der Waals surface area contributed by atoms with E-state index in [9.17, 15) is 9.90 Å². The molecule has 1 fully saturated rings. The first-order valence-corrected chi connectivity index (χ1v) is 6.70. The van der Waals surface area contributed by atoms with Gasteiger partial charge < -0.3 is 5.11 Å². The van der Waals surface area contributed by atoms with E-state index in [1.807, 2.05) is 13.8 Å². The average molecular weight is 236 g/mol. The van der Waals surface area contributed by atoms with Crippen LogP contribution in [-0.4, -0.2) is 16.5 Å². The van der Waals surface area contributed by atoms with Crippen LogP contribution in [0.3, 0.4) is 0 Å². The molecule has 0 heterocycles. The van der Waals surface area contributed by atoms with Gasteiger partial charge in [-0.1, -0.05) is 11.1 Å². The van der Waals surface area contributed by atoms with Crippen molar-refractivity contribution in [2.24, 2.45) is 11.3 Å². The first-order valence-electron chi connectivity index (χ1n) is 6.70. The number of fused-ring (bicyclic) bond motifs is 1. The summed E-state index contributed by atoms with van der Waals surface area (Å²) in [6, 6.07) is 0. The van der Waals surface area contributed by atoms with E-state index in [-0.39, 0.29) is 5.41 Å². The van der Waals surface area contributed by atoms with Gasteiger partial charge in [0.2, 0.25) is 0 Å². The molecular weight excluding hydrogens is 212 g/mol. The third-order valence-corrected chi connectivity index (χ3v) is 4.97. The number of rotatable bonds is 1. The SMILES string of the molecule is CC1=C2C[C@H](C(C)(C)O)CC[C@@]2(C)C(=O)CC1. The summed E-state index contributed by atoms with van der Waals surface area (Å²) in [5.41, 5.74) is 1.87. The number of Topliss-reactive ketones (excluding diaryl/α,β-unsaturated/α-hetero) is 1. The highest BCUT2D eigenvalue weighted by atomic mass is 16.3. The van der Waals surface area contributed by atoms with E-state index in [0.717, 1.165) is 25.7 Å². The van der Waals surface area contributed by atoms with Crippen molar-refractivity contribution in [3.05, 3.63) is 11.1 Å². The number of hydrogen-bond acceptors (Lipinski definition) is 2. The van der Waals surface area contributed by atoms with Crippen molar-refractivity contribution < 1.29 is 9.90 Å². The van der Waals surface area contributed by atoms with E-state index < -0.39 is 5.60 Å². The minimum absolute atomic E-state index is 0.218. The van der Waals surface area contributed by atoms with Gasteiger partial charge in [0, 0.05) is 11.8 Å². The maximum absolute atomic E-state index is 12.2. The van der Waals surface area contributed by atoms with Crippen LogP contribution in [0.4, 0.5) is 0 Å². The van der Waals surface area contributed by atoms with Gasteiger partial charge in [-0.05, 0) is 59.3 Å². The van der Waals surface area contributed by atoms with Gasteiger partial charge >= 0.3 is 0 Å². The summed E-state index contributed by atoms with van der Waals surface area (Å²) in [5.74, 6) is 0.707. The molecule has 1 saturated carbocycles. The second kappa shape index (κ2) is 3.94. The van der Waals surface area contributed by atoms with E-state index >= 15 is 0 Å². The standard InChI is InChI=1S/C15H24O2/c1-10-5-6-13(16)15(4)8-7-11(9-12(10)15)14(2,3)17/h11,17H,5-9H2,1-4H3/t11-,15-/m1/s1. The average Bonchev–Trinajstić information content (AvgIpc) is 2.22. The lowest BCUT2D eigenvalue weighted by Crippen LogP contribution is -2.43. The number of allylic oxidation sites excluding steroid dienone is 2. The van der Waals surface area contributed by atoms with Gasteiger partial charge in [0.1, 0.15) is 5.78 Å². The number of carbonyl (C=O) groups is 1. The predicted octanol–water partition coefficient (Wildman–Crippen LogP) is 3.24. The quantitative estimate of drug-likeness (QED) is 0.710. The molecule has 17 heavy (non-hydrogen) atoms. The van der Waals surface area contributed by atoms with Crippen LogP contribution in [0.5, 0.6) is 0 Å². The topological polar surface area (TPSA) is 37.3 Å². The van der Waals surface area contributed by atoms with Crippen molar-refractivity contribution in [3.63, 3.8) is 0 Å². The van der Waals surface area contributed by atoms with E-state index in [1.165, 1.54) is 11.1 Å². The molecule has 0 amide bonds. The first-order chi connectivity index (χ1) is 7.75. The summed E-state index contributed by atoms with van der Waals surface area (Å²) in [5, 5.41) is 10.2. The molecule has 2 nitrogen and oxygen atoms in total. The van der Waals surface area contributed by atoms with Crippen LogP contribution in [0.2, 0.25) is 0 Å². The summed E-state index contributed by atoms with van der Waals surface area (Å²) in [4.78, 5) is 12.2. The Hall–Kier alpha value is -0.630. The molecule has 0 aromatic carbocycles. The van der Waals surface area contributed by atoms with Gasteiger partial charge in [0.25, 0.3) is 0 Å². The van der Waals surface area contributed by atoms with Gasteiger partial charge in [0.15, 0.2) is 0 Å². The number of aliphatic hydroxyl groups is 1. The highest BCUT2D eigenvalue weighted by Gasteiger charge is 2.46. The minimum Gasteiger partial charge on any atom is -0.390 e. The molecule has 0 saturated heterocycles. The third-order valence-electron chi connectivity index (χ3n) is 4.97. The Kier molecular flexibility index (Phi) is 2.97. The number of hydrogen-bond donors (Lipinski definition) is 1. The van der Waals surface area contributed by atoms with Crippen molar-refractivity contribution in [3.8, 4) is 0 Å². The fourth-order valence-corrected chi connectivity index (χ4v) is 3.47. The molecule has 0 aromatic rings.